The molecule has 4 rings (SSSR count). The van der Waals surface area contributed by atoms with Crippen molar-refractivity contribution in [1.29, 1.82) is 0 Å². The van der Waals surface area contributed by atoms with Crippen LogP contribution in [0.5, 0.6) is 5.75 Å². The smallest absolute Gasteiger partial charge is 0.263 e. The molecule has 0 aliphatic carbocycles. The fourth-order valence-electron chi connectivity index (χ4n) is 3.06. The van der Waals surface area contributed by atoms with Crippen LogP contribution in [0.25, 0.3) is 21.8 Å². The van der Waals surface area contributed by atoms with E-state index < -0.39 is 0 Å². The molecule has 2 heterocycles. The van der Waals surface area contributed by atoms with Gasteiger partial charge in [-0.1, -0.05) is 36.4 Å². The minimum atomic E-state index is -0.185. The largest absolute Gasteiger partial charge is 0.619 e. The molecule has 0 saturated carbocycles. The molecule has 0 bridgehead atoms. The predicted molar refractivity (Wildman–Crippen MR) is 91.1 cm³/mol. The van der Waals surface area contributed by atoms with Gasteiger partial charge in [0.1, 0.15) is 5.52 Å². The Labute approximate surface area is 137 Å². The van der Waals surface area contributed by atoms with Gasteiger partial charge in [0.15, 0.2) is 5.75 Å². The summed E-state index contributed by atoms with van der Waals surface area (Å²) in [7, 11) is 1.51. The van der Waals surface area contributed by atoms with Crippen LogP contribution in [0.1, 0.15) is 10.4 Å². The van der Waals surface area contributed by atoms with Crippen molar-refractivity contribution in [3.8, 4) is 5.75 Å². The van der Waals surface area contributed by atoms with Crippen molar-refractivity contribution >= 4 is 27.7 Å². The summed E-state index contributed by atoms with van der Waals surface area (Å²) in [6.45, 7) is 0. The van der Waals surface area contributed by atoms with Crippen LogP contribution in [0.15, 0.2) is 67.0 Å². The van der Waals surface area contributed by atoms with Gasteiger partial charge in [-0.05, 0) is 18.2 Å². The van der Waals surface area contributed by atoms with E-state index in [1.165, 1.54) is 19.5 Å². The Hall–Kier alpha value is -3.34. The van der Waals surface area contributed by atoms with Crippen molar-refractivity contribution in [3.63, 3.8) is 0 Å². The summed E-state index contributed by atoms with van der Waals surface area (Å²) in [5.74, 6) is 0.258. The second kappa shape index (κ2) is 5.38. The summed E-state index contributed by atoms with van der Waals surface area (Å²) in [6, 6.07) is 16.6. The number of ether oxygens (including phenoxy) is 1. The molecule has 5 nitrogen and oxygen atoms in total. The van der Waals surface area contributed by atoms with Crippen LogP contribution in [0.2, 0.25) is 0 Å². The predicted octanol–water partition coefficient (Wildman–Crippen LogP) is 3.13. The van der Waals surface area contributed by atoms with E-state index in [0.717, 1.165) is 16.3 Å². The van der Waals surface area contributed by atoms with Gasteiger partial charge in [0, 0.05) is 10.9 Å². The highest BCUT2D eigenvalue weighted by atomic mass is 16.5. The highest BCUT2D eigenvalue weighted by Crippen LogP contribution is 2.34. The highest BCUT2D eigenvalue weighted by molar-refractivity contribution is 6.17. The van der Waals surface area contributed by atoms with Gasteiger partial charge in [-0.25, -0.2) is 0 Å². The molecular formula is C19H14N2O3. The molecule has 2 aromatic carbocycles. The van der Waals surface area contributed by atoms with Gasteiger partial charge < -0.3 is 9.94 Å². The second-order valence-corrected chi connectivity index (χ2v) is 5.47. The van der Waals surface area contributed by atoms with Gasteiger partial charge in [-0.3, -0.25) is 9.36 Å². The van der Waals surface area contributed by atoms with Crippen LogP contribution < -0.4 is 9.47 Å². The molecule has 118 valence electrons. The van der Waals surface area contributed by atoms with Gasteiger partial charge in [0.05, 0.1) is 18.0 Å². The summed E-state index contributed by atoms with van der Waals surface area (Å²) in [5, 5.41) is 13.6. The maximum absolute atomic E-state index is 13.1. The van der Waals surface area contributed by atoms with Crippen molar-refractivity contribution in [1.82, 2.24) is 4.57 Å². The minimum absolute atomic E-state index is 0.185. The normalized spacial score (nSPS) is 11.0. The molecule has 0 spiro atoms. The molecule has 0 fully saturated rings. The Bertz CT molecular complexity index is 1070. The van der Waals surface area contributed by atoms with Crippen molar-refractivity contribution in [2.75, 3.05) is 7.11 Å². The maximum Gasteiger partial charge on any atom is 0.263 e. The second-order valence-electron chi connectivity index (χ2n) is 5.47. The van der Waals surface area contributed by atoms with E-state index in [4.69, 9.17) is 4.74 Å². The van der Waals surface area contributed by atoms with E-state index >= 15 is 0 Å². The van der Waals surface area contributed by atoms with E-state index in [9.17, 15) is 10.0 Å². The number of para-hydroxylation sites is 1. The van der Waals surface area contributed by atoms with E-state index in [1.807, 2.05) is 42.5 Å². The Morgan fingerprint density at radius 1 is 1.00 bits per heavy atom. The molecule has 0 atom stereocenters. The summed E-state index contributed by atoms with van der Waals surface area (Å²) < 4.78 is 7.60. The van der Waals surface area contributed by atoms with Crippen LogP contribution in [0, 0.1) is 5.21 Å². The molecule has 5 heteroatoms. The first-order valence-corrected chi connectivity index (χ1v) is 7.50. The summed E-state index contributed by atoms with van der Waals surface area (Å²) in [4.78, 5) is 13.1. The number of nitrogens with zero attached hydrogens (tertiary/aromatic N) is 2. The third-order valence-corrected chi connectivity index (χ3v) is 4.10. The lowest BCUT2D eigenvalue weighted by Crippen LogP contribution is -2.25. The number of benzene rings is 2. The minimum Gasteiger partial charge on any atom is -0.619 e. The van der Waals surface area contributed by atoms with Gasteiger partial charge in [-0.15, -0.1) is 0 Å². The van der Waals surface area contributed by atoms with Crippen molar-refractivity contribution in [2.45, 2.75) is 0 Å². The molecule has 0 saturated heterocycles. The third-order valence-electron chi connectivity index (χ3n) is 4.10. The van der Waals surface area contributed by atoms with Crippen molar-refractivity contribution in [2.24, 2.45) is 0 Å². The highest BCUT2D eigenvalue weighted by Gasteiger charge is 2.22. The maximum atomic E-state index is 13.1. The first-order valence-electron chi connectivity index (χ1n) is 7.50. The summed E-state index contributed by atoms with van der Waals surface area (Å²) >= 11 is 0. The van der Waals surface area contributed by atoms with E-state index in [2.05, 4.69) is 0 Å². The van der Waals surface area contributed by atoms with Crippen LogP contribution in [-0.2, 0) is 0 Å². The number of fused-ring (bicyclic) bond motifs is 3. The number of hydrogen-bond donors (Lipinski definition) is 0. The monoisotopic (exact) mass is 318 g/mol. The summed E-state index contributed by atoms with van der Waals surface area (Å²) in [6.07, 6.45) is 2.77. The standard InChI is InChI=1S/C19H14N2O3/c1-24-17-12-20(23)11-16-18(17)14-9-5-6-10-15(14)21(16)19(22)13-7-3-2-4-8-13/h2-12H,1H3. The van der Waals surface area contributed by atoms with Crippen molar-refractivity contribution < 1.29 is 14.3 Å². The van der Waals surface area contributed by atoms with Gasteiger partial charge in [0.25, 0.3) is 5.91 Å². The molecule has 0 aliphatic rings. The SMILES string of the molecule is COc1c[n+]([O-])cc2c1c1ccccc1n2C(=O)c1ccccc1. The first-order chi connectivity index (χ1) is 11.7. The third kappa shape index (κ3) is 2.02. The Balaban J connectivity index is 2.14. The average molecular weight is 318 g/mol. The fraction of sp³-hybridized carbons (Fsp3) is 0.0526. The fourth-order valence-corrected chi connectivity index (χ4v) is 3.06. The Morgan fingerprint density at radius 2 is 1.71 bits per heavy atom. The van der Waals surface area contributed by atoms with E-state index in [0.29, 0.717) is 21.6 Å². The quantitative estimate of drug-likeness (QED) is 0.421. The molecule has 0 amide bonds. The Kier molecular flexibility index (Phi) is 3.20. The lowest BCUT2D eigenvalue weighted by molar-refractivity contribution is -0.604. The number of hydrogen-bond acceptors (Lipinski definition) is 3. The average Bonchev–Trinajstić information content (AvgIpc) is 2.95. The number of carbonyl (C=O) groups excluding carboxylic acids is 1. The number of pyridine rings is 1. The molecule has 2 aromatic heterocycles. The van der Waals surface area contributed by atoms with Gasteiger partial charge in [0.2, 0.25) is 12.4 Å². The van der Waals surface area contributed by atoms with E-state index in [-0.39, 0.29) is 5.91 Å². The van der Waals surface area contributed by atoms with Crippen LogP contribution >= 0.6 is 0 Å². The molecule has 4 aromatic rings. The number of carbonyl (C=O) groups is 1. The number of methoxy groups -OCH3 is 1. The zero-order chi connectivity index (χ0) is 16.7. The number of rotatable bonds is 2. The van der Waals surface area contributed by atoms with E-state index in [1.54, 1.807) is 16.7 Å². The zero-order valence-corrected chi connectivity index (χ0v) is 13.0. The van der Waals surface area contributed by atoms with Crippen molar-refractivity contribution in [3.05, 3.63) is 77.8 Å². The molecule has 0 aliphatic heterocycles. The molecule has 24 heavy (non-hydrogen) atoms. The van der Waals surface area contributed by atoms with Gasteiger partial charge >= 0.3 is 0 Å². The Morgan fingerprint density at radius 3 is 2.46 bits per heavy atom. The number of aromatic nitrogens is 2. The van der Waals surface area contributed by atoms with Gasteiger partial charge in [-0.2, -0.15) is 4.73 Å². The summed E-state index contributed by atoms with van der Waals surface area (Å²) in [5.41, 5.74) is 1.82. The zero-order valence-electron chi connectivity index (χ0n) is 13.0. The van der Waals surface area contributed by atoms with Crippen LogP contribution in [0.3, 0.4) is 0 Å². The topological polar surface area (TPSA) is 58.2 Å². The molecule has 0 radical (unpaired) electrons. The lowest BCUT2D eigenvalue weighted by atomic mass is 10.2. The molecular weight excluding hydrogens is 304 g/mol. The lowest BCUT2D eigenvalue weighted by Gasteiger charge is -2.06. The first kappa shape index (κ1) is 14.3. The molecule has 0 N–H and O–H groups in total. The molecule has 0 unspecified atom stereocenters. The van der Waals surface area contributed by atoms with Crippen LogP contribution in [-0.4, -0.2) is 17.6 Å². The van der Waals surface area contributed by atoms with Crippen LogP contribution in [0.4, 0.5) is 0 Å².